The van der Waals surface area contributed by atoms with Gasteiger partial charge in [0.1, 0.15) is 0 Å². The molecule has 0 spiro atoms. The van der Waals surface area contributed by atoms with Gasteiger partial charge < -0.3 is 5.11 Å². The summed E-state index contributed by atoms with van der Waals surface area (Å²) < 4.78 is 0. The highest BCUT2D eigenvalue weighted by molar-refractivity contribution is 5.86. The van der Waals surface area contributed by atoms with Crippen LogP contribution in [0.4, 0.5) is 0 Å². The van der Waals surface area contributed by atoms with E-state index in [9.17, 15) is 5.11 Å². The Morgan fingerprint density at radius 1 is 0.947 bits per heavy atom. The Balaban J connectivity index is 2.00. The molecular weight excluding hydrogens is 234 g/mol. The predicted molar refractivity (Wildman–Crippen MR) is 79.2 cm³/mol. The normalized spacial score (nSPS) is 18.6. The fraction of sp³-hybridized carbons (Fsp3) is 0.412. The SMILES string of the molecule is OCC(c1cccc2ccccc12)N1CCCCC1. The Kier molecular flexibility index (Phi) is 3.81. The van der Waals surface area contributed by atoms with Crippen molar-refractivity contribution in [2.75, 3.05) is 19.7 Å². The summed E-state index contributed by atoms with van der Waals surface area (Å²) in [5.41, 5.74) is 1.27. The molecule has 0 radical (unpaired) electrons. The zero-order valence-electron chi connectivity index (χ0n) is 11.3. The van der Waals surface area contributed by atoms with Crippen molar-refractivity contribution in [3.05, 3.63) is 48.0 Å². The molecule has 2 nitrogen and oxygen atoms in total. The van der Waals surface area contributed by atoms with E-state index >= 15 is 0 Å². The molecule has 0 aliphatic carbocycles. The van der Waals surface area contributed by atoms with Crippen molar-refractivity contribution in [1.82, 2.24) is 4.90 Å². The van der Waals surface area contributed by atoms with Gasteiger partial charge in [0.05, 0.1) is 12.6 Å². The third kappa shape index (κ3) is 2.51. The van der Waals surface area contributed by atoms with E-state index in [4.69, 9.17) is 0 Å². The van der Waals surface area contributed by atoms with E-state index in [1.165, 1.54) is 35.6 Å². The minimum absolute atomic E-state index is 0.145. The average Bonchev–Trinajstić information content (AvgIpc) is 2.49. The molecule has 1 saturated heterocycles. The van der Waals surface area contributed by atoms with Crippen LogP contribution in [0.3, 0.4) is 0 Å². The van der Waals surface area contributed by atoms with Crippen LogP contribution in [-0.2, 0) is 0 Å². The van der Waals surface area contributed by atoms with Crippen molar-refractivity contribution in [2.24, 2.45) is 0 Å². The highest BCUT2D eigenvalue weighted by Gasteiger charge is 2.22. The summed E-state index contributed by atoms with van der Waals surface area (Å²) in [7, 11) is 0. The summed E-state index contributed by atoms with van der Waals surface area (Å²) in [6.07, 6.45) is 3.83. The van der Waals surface area contributed by atoms with Crippen molar-refractivity contribution < 1.29 is 5.11 Å². The van der Waals surface area contributed by atoms with E-state index in [0.29, 0.717) is 0 Å². The lowest BCUT2D eigenvalue weighted by atomic mass is 9.96. The van der Waals surface area contributed by atoms with Crippen molar-refractivity contribution in [3.8, 4) is 0 Å². The van der Waals surface area contributed by atoms with Gasteiger partial charge in [0.25, 0.3) is 0 Å². The van der Waals surface area contributed by atoms with Crippen LogP contribution >= 0.6 is 0 Å². The zero-order chi connectivity index (χ0) is 13.1. The van der Waals surface area contributed by atoms with Gasteiger partial charge in [-0.05, 0) is 42.3 Å². The molecule has 100 valence electrons. The number of hydrogen-bond acceptors (Lipinski definition) is 2. The fourth-order valence-electron chi connectivity index (χ4n) is 3.18. The molecule has 1 unspecified atom stereocenters. The molecule has 0 saturated carbocycles. The summed E-state index contributed by atoms with van der Waals surface area (Å²) in [4.78, 5) is 2.44. The van der Waals surface area contributed by atoms with Crippen LogP contribution in [0, 0.1) is 0 Å². The van der Waals surface area contributed by atoms with E-state index in [0.717, 1.165) is 13.1 Å². The second-order valence-corrected chi connectivity index (χ2v) is 5.36. The van der Waals surface area contributed by atoms with E-state index in [1.807, 2.05) is 0 Å². The van der Waals surface area contributed by atoms with Gasteiger partial charge in [-0.2, -0.15) is 0 Å². The first kappa shape index (κ1) is 12.6. The summed E-state index contributed by atoms with van der Waals surface area (Å²) in [6, 6.07) is 15.0. The summed E-state index contributed by atoms with van der Waals surface area (Å²) in [6.45, 7) is 2.41. The molecule has 2 aromatic carbocycles. The number of fused-ring (bicyclic) bond motifs is 1. The average molecular weight is 255 g/mol. The van der Waals surface area contributed by atoms with Crippen molar-refractivity contribution in [1.29, 1.82) is 0 Å². The molecule has 0 bridgehead atoms. The molecule has 3 rings (SSSR count). The van der Waals surface area contributed by atoms with Gasteiger partial charge in [0, 0.05) is 0 Å². The third-order valence-electron chi connectivity index (χ3n) is 4.19. The third-order valence-corrected chi connectivity index (χ3v) is 4.19. The lowest BCUT2D eigenvalue weighted by Gasteiger charge is -2.34. The number of piperidine rings is 1. The highest BCUT2D eigenvalue weighted by atomic mass is 16.3. The largest absolute Gasteiger partial charge is 0.394 e. The van der Waals surface area contributed by atoms with Gasteiger partial charge in [0.15, 0.2) is 0 Å². The summed E-state index contributed by atoms with van der Waals surface area (Å²) in [5, 5.41) is 12.4. The quantitative estimate of drug-likeness (QED) is 0.909. The lowest BCUT2D eigenvalue weighted by Crippen LogP contribution is -2.35. The van der Waals surface area contributed by atoms with Gasteiger partial charge >= 0.3 is 0 Å². The molecule has 0 amide bonds. The lowest BCUT2D eigenvalue weighted by molar-refractivity contribution is 0.105. The Bertz CT molecular complexity index is 540. The first-order valence-electron chi connectivity index (χ1n) is 7.23. The second-order valence-electron chi connectivity index (χ2n) is 5.36. The minimum Gasteiger partial charge on any atom is -0.394 e. The Morgan fingerprint density at radius 3 is 2.47 bits per heavy atom. The second kappa shape index (κ2) is 5.72. The number of aliphatic hydroxyl groups excluding tert-OH is 1. The van der Waals surface area contributed by atoms with Gasteiger partial charge in [-0.15, -0.1) is 0 Å². The molecule has 2 aromatic rings. The van der Waals surface area contributed by atoms with E-state index in [-0.39, 0.29) is 12.6 Å². The molecule has 1 atom stereocenters. The molecule has 1 aliphatic rings. The Hall–Kier alpha value is -1.38. The Labute approximate surface area is 114 Å². The minimum atomic E-state index is 0.145. The maximum Gasteiger partial charge on any atom is 0.0628 e. The number of rotatable bonds is 3. The Morgan fingerprint density at radius 2 is 1.68 bits per heavy atom. The molecule has 2 heteroatoms. The van der Waals surface area contributed by atoms with Gasteiger partial charge in [-0.25, -0.2) is 0 Å². The highest BCUT2D eigenvalue weighted by Crippen LogP contribution is 2.29. The number of aliphatic hydroxyl groups is 1. The van der Waals surface area contributed by atoms with Crippen molar-refractivity contribution >= 4 is 10.8 Å². The van der Waals surface area contributed by atoms with Gasteiger partial charge in [-0.3, -0.25) is 4.90 Å². The molecule has 1 aliphatic heterocycles. The first-order valence-corrected chi connectivity index (χ1v) is 7.23. The van der Waals surface area contributed by atoms with Crippen LogP contribution in [0.2, 0.25) is 0 Å². The molecule has 19 heavy (non-hydrogen) atoms. The van der Waals surface area contributed by atoms with Crippen molar-refractivity contribution in [3.63, 3.8) is 0 Å². The van der Waals surface area contributed by atoms with Crippen LogP contribution in [0.15, 0.2) is 42.5 Å². The topological polar surface area (TPSA) is 23.5 Å². The van der Waals surface area contributed by atoms with Gasteiger partial charge in [-0.1, -0.05) is 48.9 Å². The van der Waals surface area contributed by atoms with Crippen LogP contribution in [0.25, 0.3) is 10.8 Å². The van der Waals surface area contributed by atoms with E-state index < -0.39 is 0 Å². The number of nitrogens with zero attached hydrogens (tertiary/aromatic N) is 1. The van der Waals surface area contributed by atoms with Crippen LogP contribution in [0.5, 0.6) is 0 Å². The number of likely N-dealkylation sites (tertiary alicyclic amines) is 1. The van der Waals surface area contributed by atoms with Crippen LogP contribution in [0.1, 0.15) is 30.9 Å². The standard InChI is InChI=1S/C17H21NO/c19-13-17(18-11-4-1-5-12-18)16-10-6-8-14-7-2-3-9-15(14)16/h2-3,6-10,17,19H,1,4-5,11-13H2. The van der Waals surface area contributed by atoms with Crippen LogP contribution in [-0.4, -0.2) is 29.7 Å². The maximum absolute atomic E-state index is 9.85. The predicted octanol–water partition coefficient (Wildman–Crippen LogP) is 3.36. The van der Waals surface area contributed by atoms with E-state index in [1.54, 1.807) is 0 Å². The number of benzene rings is 2. The first-order chi connectivity index (χ1) is 9.40. The number of hydrogen-bond donors (Lipinski definition) is 1. The molecule has 1 heterocycles. The van der Waals surface area contributed by atoms with Gasteiger partial charge in [0.2, 0.25) is 0 Å². The molecule has 0 aromatic heterocycles. The van der Waals surface area contributed by atoms with Crippen LogP contribution < -0.4 is 0 Å². The maximum atomic E-state index is 9.85. The summed E-state index contributed by atoms with van der Waals surface area (Å²) in [5.74, 6) is 0. The molecule has 1 fully saturated rings. The van der Waals surface area contributed by atoms with E-state index in [2.05, 4.69) is 47.4 Å². The monoisotopic (exact) mass is 255 g/mol. The zero-order valence-corrected chi connectivity index (χ0v) is 11.3. The van der Waals surface area contributed by atoms with Crippen molar-refractivity contribution in [2.45, 2.75) is 25.3 Å². The smallest absolute Gasteiger partial charge is 0.0628 e. The molecule has 1 N–H and O–H groups in total. The summed E-state index contributed by atoms with van der Waals surface area (Å²) >= 11 is 0. The fourth-order valence-corrected chi connectivity index (χ4v) is 3.18. The molecular formula is C17H21NO.